The molecule has 1 aliphatic rings. The highest BCUT2D eigenvalue weighted by atomic mass is 79.9. The molecule has 0 atom stereocenters. The van der Waals surface area contributed by atoms with Crippen LogP contribution in [0.1, 0.15) is 18.5 Å². The summed E-state index contributed by atoms with van der Waals surface area (Å²) in [6.07, 6.45) is 5.37. The molecule has 7 heteroatoms. The SMILES string of the molecule is Cc1cc(NC2CCN(c3ncc(Cl)cc3Br)CC2)ncn1. The lowest BCUT2D eigenvalue weighted by Crippen LogP contribution is -2.39. The summed E-state index contributed by atoms with van der Waals surface area (Å²) in [6.45, 7) is 3.88. The van der Waals surface area contributed by atoms with Gasteiger partial charge in [-0.25, -0.2) is 15.0 Å². The third kappa shape index (κ3) is 3.67. The minimum absolute atomic E-state index is 0.427. The van der Waals surface area contributed by atoms with Gasteiger partial charge in [-0.1, -0.05) is 11.6 Å². The van der Waals surface area contributed by atoms with E-state index in [1.54, 1.807) is 12.5 Å². The van der Waals surface area contributed by atoms with Gasteiger partial charge < -0.3 is 10.2 Å². The number of nitrogens with zero attached hydrogens (tertiary/aromatic N) is 4. The van der Waals surface area contributed by atoms with Crippen LogP contribution < -0.4 is 10.2 Å². The van der Waals surface area contributed by atoms with E-state index in [1.165, 1.54) is 0 Å². The van der Waals surface area contributed by atoms with Crippen LogP contribution in [0.4, 0.5) is 11.6 Å². The summed E-state index contributed by atoms with van der Waals surface area (Å²) in [6, 6.07) is 4.29. The molecule has 1 aliphatic heterocycles. The Labute approximate surface area is 143 Å². The van der Waals surface area contributed by atoms with Crippen LogP contribution in [0, 0.1) is 6.92 Å². The molecule has 0 amide bonds. The maximum atomic E-state index is 5.95. The lowest BCUT2D eigenvalue weighted by Gasteiger charge is -2.33. The molecule has 2 aromatic heterocycles. The van der Waals surface area contributed by atoms with E-state index in [4.69, 9.17) is 11.6 Å². The van der Waals surface area contributed by atoms with Crippen LogP contribution in [-0.4, -0.2) is 34.1 Å². The first-order valence-corrected chi connectivity index (χ1v) is 8.40. The predicted octanol–water partition coefficient (Wildman–Crippen LogP) is 3.68. The fourth-order valence-electron chi connectivity index (χ4n) is 2.62. The highest BCUT2D eigenvalue weighted by molar-refractivity contribution is 9.10. The van der Waals surface area contributed by atoms with Crippen molar-refractivity contribution in [2.75, 3.05) is 23.3 Å². The van der Waals surface area contributed by atoms with E-state index >= 15 is 0 Å². The molecule has 1 saturated heterocycles. The van der Waals surface area contributed by atoms with Crippen molar-refractivity contribution in [2.24, 2.45) is 0 Å². The van der Waals surface area contributed by atoms with Gasteiger partial charge >= 0.3 is 0 Å². The Morgan fingerprint density at radius 1 is 1.23 bits per heavy atom. The Bertz CT molecular complexity index is 658. The first-order valence-electron chi connectivity index (χ1n) is 7.23. The molecule has 116 valence electrons. The summed E-state index contributed by atoms with van der Waals surface area (Å²) in [5, 5.41) is 4.13. The van der Waals surface area contributed by atoms with E-state index in [0.717, 1.165) is 47.7 Å². The minimum atomic E-state index is 0.427. The van der Waals surface area contributed by atoms with Crippen molar-refractivity contribution in [3.8, 4) is 0 Å². The molecule has 0 aliphatic carbocycles. The van der Waals surface area contributed by atoms with Crippen LogP contribution in [-0.2, 0) is 0 Å². The Morgan fingerprint density at radius 2 is 2.00 bits per heavy atom. The van der Waals surface area contributed by atoms with Crippen molar-refractivity contribution in [3.05, 3.63) is 39.8 Å². The fourth-order valence-corrected chi connectivity index (χ4v) is 3.51. The lowest BCUT2D eigenvalue weighted by atomic mass is 10.1. The van der Waals surface area contributed by atoms with E-state index in [2.05, 4.69) is 41.1 Å². The number of nitrogens with one attached hydrogen (secondary N) is 1. The number of piperidine rings is 1. The Morgan fingerprint density at radius 3 is 2.68 bits per heavy atom. The van der Waals surface area contributed by atoms with E-state index in [0.29, 0.717) is 11.1 Å². The topological polar surface area (TPSA) is 53.9 Å². The van der Waals surface area contributed by atoms with Crippen molar-refractivity contribution in [1.82, 2.24) is 15.0 Å². The summed E-state index contributed by atoms with van der Waals surface area (Å²) < 4.78 is 0.942. The van der Waals surface area contributed by atoms with E-state index in [1.807, 2.05) is 19.1 Å². The second-order valence-corrected chi connectivity index (χ2v) is 6.70. The third-order valence-corrected chi connectivity index (χ3v) is 4.53. The number of hydrogen-bond acceptors (Lipinski definition) is 5. The van der Waals surface area contributed by atoms with Crippen molar-refractivity contribution >= 4 is 39.2 Å². The highest BCUT2D eigenvalue weighted by Gasteiger charge is 2.21. The van der Waals surface area contributed by atoms with Crippen LogP contribution in [0.5, 0.6) is 0 Å². The zero-order valence-corrected chi connectivity index (χ0v) is 14.6. The summed E-state index contributed by atoms with van der Waals surface area (Å²) >= 11 is 9.49. The van der Waals surface area contributed by atoms with Crippen LogP contribution in [0.15, 0.2) is 29.1 Å². The standard InChI is InChI=1S/C15H17BrClN5/c1-10-6-14(20-9-19-10)21-12-2-4-22(5-3-12)15-13(16)7-11(17)8-18-15/h6-9,12H,2-5H2,1H3,(H,19,20,21). The zero-order valence-electron chi connectivity index (χ0n) is 12.3. The van der Waals surface area contributed by atoms with Crippen LogP contribution in [0.3, 0.4) is 0 Å². The zero-order chi connectivity index (χ0) is 15.5. The smallest absolute Gasteiger partial charge is 0.142 e. The average molecular weight is 383 g/mol. The second-order valence-electron chi connectivity index (χ2n) is 5.41. The molecule has 3 rings (SSSR count). The molecular weight excluding hydrogens is 366 g/mol. The third-order valence-electron chi connectivity index (χ3n) is 3.74. The number of hydrogen-bond donors (Lipinski definition) is 1. The molecule has 0 saturated carbocycles. The number of rotatable bonds is 3. The highest BCUT2D eigenvalue weighted by Crippen LogP contribution is 2.29. The molecule has 0 radical (unpaired) electrons. The van der Waals surface area contributed by atoms with E-state index < -0.39 is 0 Å². The molecule has 1 fully saturated rings. The first kappa shape index (κ1) is 15.5. The summed E-state index contributed by atoms with van der Waals surface area (Å²) in [5.74, 6) is 1.86. The van der Waals surface area contributed by atoms with E-state index in [9.17, 15) is 0 Å². The molecule has 5 nitrogen and oxygen atoms in total. The van der Waals surface area contributed by atoms with Gasteiger partial charge in [0.25, 0.3) is 0 Å². The molecule has 1 N–H and O–H groups in total. The molecule has 3 heterocycles. The molecule has 0 aromatic carbocycles. The van der Waals surface area contributed by atoms with Crippen LogP contribution >= 0.6 is 27.5 Å². The van der Waals surface area contributed by atoms with Gasteiger partial charge in [-0.15, -0.1) is 0 Å². The van der Waals surface area contributed by atoms with Crippen molar-refractivity contribution in [3.63, 3.8) is 0 Å². The van der Waals surface area contributed by atoms with Crippen molar-refractivity contribution in [1.29, 1.82) is 0 Å². The van der Waals surface area contributed by atoms with Crippen LogP contribution in [0.25, 0.3) is 0 Å². The van der Waals surface area contributed by atoms with Gasteiger partial charge in [-0.05, 0) is 41.8 Å². The number of pyridine rings is 1. The molecule has 0 spiro atoms. The monoisotopic (exact) mass is 381 g/mol. The number of aryl methyl sites for hydroxylation is 1. The predicted molar refractivity (Wildman–Crippen MR) is 92.6 cm³/mol. The minimum Gasteiger partial charge on any atom is -0.367 e. The van der Waals surface area contributed by atoms with Gasteiger partial charge in [-0.2, -0.15) is 0 Å². The Kier molecular flexibility index (Phi) is 4.78. The average Bonchev–Trinajstić information content (AvgIpc) is 2.48. The Hall–Kier alpha value is -1.40. The first-order chi connectivity index (χ1) is 10.6. The van der Waals surface area contributed by atoms with E-state index in [-0.39, 0.29) is 0 Å². The van der Waals surface area contributed by atoms with Gasteiger partial charge in [0.2, 0.25) is 0 Å². The summed E-state index contributed by atoms with van der Waals surface area (Å²) in [4.78, 5) is 15.1. The molecule has 0 unspecified atom stereocenters. The molecule has 22 heavy (non-hydrogen) atoms. The fraction of sp³-hybridized carbons (Fsp3) is 0.400. The maximum absolute atomic E-state index is 5.95. The number of anilines is 2. The van der Waals surface area contributed by atoms with Gasteiger partial charge in [0.15, 0.2) is 0 Å². The molecule has 2 aromatic rings. The second kappa shape index (κ2) is 6.79. The number of halogens is 2. The van der Waals surface area contributed by atoms with Crippen molar-refractivity contribution < 1.29 is 0 Å². The largest absolute Gasteiger partial charge is 0.367 e. The van der Waals surface area contributed by atoms with Crippen LogP contribution in [0.2, 0.25) is 5.02 Å². The van der Waals surface area contributed by atoms with Gasteiger partial charge in [0, 0.05) is 37.1 Å². The molecular formula is C15H17BrClN5. The van der Waals surface area contributed by atoms with Gasteiger partial charge in [0.1, 0.15) is 18.0 Å². The molecule has 0 bridgehead atoms. The quantitative estimate of drug-likeness (QED) is 0.877. The Balaban J connectivity index is 1.60. The normalized spacial score (nSPS) is 15.9. The van der Waals surface area contributed by atoms with Crippen molar-refractivity contribution in [2.45, 2.75) is 25.8 Å². The van der Waals surface area contributed by atoms with Gasteiger partial charge in [0.05, 0.1) is 9.50 Å². The number of aromatic nitrogens is 3. The maximum Gasteiger partial charge on any atom is 0.142 e. The summed E-state index contributed by atoms with van der Waals surface area (Å²) in [7, 11) is 0. The lowest BCUT2D eigenvalue weighted by molar-refractivity contribution is 0.522. The summed E-state index contributed by atoms with van der Waals surface area (Å²) in [5.41, 5.74) is 0.976. The van der Waals surface area contributed by atoms with Gasteiger partial charge in [-0.3, -0.25) is 0 Å².